The Balaban J connectivity index is 2.04. The monoisotopic (exact) mass is 275 g/mol. The maximum Gasteiger partial charge on any atom is 0.222 e. The molecule has 1 unspecified atom stereocenters. The number of benzene rings is 1. The third-order valence-corrected chi connectivity index (χ3v) is 3.93. The van der Waals surface area contributed by atoms with Gasteiger partial charge in [-0.05, 0) is 37.0 Å². The Morgan fingerprint density at radius 1 is 1.35 bits per heavy atom. The summed E-state index contributed by atoms with van der Waals surface area (Å²) in [6.45, 7) is 5.25. The molecule has 1 aromatic rings. The first kappa shape index (κ1) is 14.8. The maximum atomic E-state index is 13.0. The van der Waals surface area contributed by atoms with Crippen molar-refractivity contribution in [3.8, 4) is 0 Å². The number of nitrogens with zero attached hydrogens (tertiary/aromatic N) is 1. The van der Waals surface area contributed by atoms with Crippen molar-refractivity contribution in [3.05, 3.63) is 48.3 Å². The van der Waals surface area contributed by atoms with Gasteiger partial charge in [0.2, 0.25) is 5.91 Å². The van der Waals surface area contributed by atoms with E-state index in [1.807, 2.05) is 17.0 Å². The number of rotatable bonds is 4. The SMILES string of the molecule is C=CCCC(=O)N1CCCCC(c2ccc(F)cc2)C1. The Kier molecular flexibility index (Phi) is 5.33. The molecule has 0 aromatic heterocycles. The van der Waals surface area contributed by atoms with E-state index < -0.39 is 0 Å². The van der Waals surface area contributed by atoms with Crippen LogP contribution in [-0.2, 0) is 4.79 Å². The summed E-state index contributed by atoms with van der Waals surface area (Å²) in [6.07, 6.45) is 6.30. The minimum Gasteiger partial charge on any atom is -0.342 e. The van der Waals surface area contributed by atoms with Gasteiger partial charge < -0.3 is 4.90 Å². The second-order valence-corrected chi connectivity index (χ2v) is 5.41. The third kappa shape index (κ3) is 3.92. The lowest BCUT2D eigenvalue weighted by Crippen LogP contribution is -2.33. The van der Waals surface area contributed by atoms with E-state index >= 15 is 0 Å². The van der Waals surface area contributed by atoms with Gasteiger partial charge in [0.25, 0.3) is 0 Å². The van der Waals surface area contributed by atoms with Crippen molar-refractivity contribution in [3.63, 3.8) is 0 Å². The van der Waals surface area contributed by atoms with Crippen LogP contribution in [0.4, 0.5) is 4.39 Å². The van der Waals surface area contributed by atoms with Crippen molar-refractivity contribution in [1.82, 2.24) is 4.90 Å². The molecule has 0 spiro atoms. The highest BCUT2D eigenvalue weighted by Crippen LogP contribution is 2.27. The van der Waals surface area contributed by atoms with Crippen LogP contribution in [0.1, 0.15) is 43.6 Å². The van der Waals surface area contributed by atoms with Gasteiger partial charge in [-0.3, -0.25) is 4.79 Å². The predicted molar refractivity (Wildman–Crippen MR) is 79.0 cm³/mol. The summed E-state index contributed by atoms with van der Waals surface area (Å²) in [5, 5.41) is 0. The Morgan fingerprint density at radius 3 is 2.80 bits per heavy atom. The highest BCUT2D eigenvalue weighted by molar-refractivity contribution is 5.76. The minimum absolute atomic E-state index is 0.207. The fourth-order valence-corrected chi connectivity index (χ4v) is 2.76. The molecule has 0 bridgehead atoms. The Labute approximate surface area is 120 Å². The molecule has 108 valence electrons. The fraction of sp³-hybridized carbons (Fsp3) is 0.471. The van der Waals surface area contributed by atoms with Crippen LogP contribution in [0.25, 0.3) is 0 Å². The number of hydrogen-bond donors (Lipinski definition) is 0. The molecule has 0 aliphatic carbocycles. The first-order chi connectivity index (χ1) is 9.70. The van der Waals surface area contributed by atoms with Crippen molar-refractivity contribution in [1.29, 1.82) is 0 Å². The average Bonchev–Trinajstić information content (AvgIpc) is 2.71. The summed E-state index contributed by atoms with van der Waals surface area (Å²) in [6, 6.07) is 6.70. The van der Waals surface area contributed by atoms with Crippen LogP contribution in [0.2, 0.25) is 0 Å². The van der Waals surface area contributed by atoms with Crippen LogP contribution in [0.3, 0.4) is 0 Å². The van der Waals surface area contributed by atoms with Gasteiger partial charge in [0.1, 0.15) is 5.82 Å². The van der Waals surface area contributed by atoms with Crippen LogP contribution in [0, 0.1) is 5.82 Å². The van der Waals surface area contributed by atoms with Gasteiger partial charge in [-0.25, -0.2) is 4.39 Å². The maximum absolute atomic E-state index is 13.0. The molecule has 1 aliphatic heterocycles. The van der Waals surface area contributed by atoms with Gasteiger partial charge >= 0.3 is 0 Å². The standard InChI is InChI=1S/C17H22FNO/c1-2-3-7-17(20)19-12-5-4-6-15(13-19)14-8-10-16(18)11-9-14/h2,8-11,15H,1,3-7,12-13H2. The molecule has 1 amide bonds. The molecule has 1 aliphatic rings. The number of likely N-dealkylation sites (tertiary alicyclic amines) is 1. The first-order valence-corrected chi connectivity index (χ1v) is 7.35. The second-order valence-electron chi connectivity index (χ2n) is 5.41. The highest BCUT2D eigenvalue weighted by atomic mass is 19.1. The van der Waals surface area contributed by atoms with E-state index in [2.05, 4.69) is 6.58 Å². The molecule has 2 rings (SSSR count). The number of allylic oxidation sites excluding steroid dienone is 1. The lowest BCUT2D eigenvalue weighted by molar-refractivity contribution is -0.131. The largest absolute Gasteiger partial charge is 0.342 e. The quantitative estimate of drug-likeness (QED) is 0.763. The summed E-state index contributed by atoms with van der Waals surface area (Å²) >= 11 is 0. The molecule has 0 saturated carbocycles. The van der Waals surface area contributed by atoms with Crippen molar-refractivity contribution in [2.45, 2.75) is 38.0 Å². The molecule has 0 N–H and O–H groups in total. The zero-order valence-electron chi connectivity index (χ0n) is 11.9. The van der Waals surface area contributed by atoms with Gasteiger partial charge in [0.15, 0.2) is 0 Å². The van der Waals surface area contributed by atoms with E-state index in [9.17, 15) is 9.18 Å². The number of hydrogen-bond acceptors (Lipinski definition) is 1. The van der Waals surface area contributed by atoms with Crippen molar-refractivity contribution in [2.75, 3.05) is 13.1 Å². The van der Waals surface area contributed by atoms with Crippen LogP contribution in [-0.4, -0.2) is 23.9 Å². The summed E-state index contributed by atoms with van der Waals surface area (Å²) < 4.78 is 13.0. The van der Waals surface area contributed by atoms with Crippen LogP contribution >= 0.6 is 0 Å². The Bertz CT molecular complexity index is 455. The highest BCUT2D eigenvalue weighted by Gasteiger charge is 2.22. The van der Waals surface area contributed by atoms with E-state index in [4.69, 9.17) is 0 Å². The lowest BCUT2D eigenvalue weighted by Gasteiger charge is -2.24. The van der Waals surface area contributed by atoms with Crippen molar-refractivity contribution >= 4 is 5.91 Å². The summed E-state index contributed by atoms with van der Waals surface area (Å²) in [7, 11) is 0. The van der Waals surface area contributed by atoms with Crippen LogP contribution in [0.5, 0.6) is 0 Å². The summed E-state index contributed by atoms with van der Waals surface area (Å²) in [4.78, 5) is 14.1. The van der Waals surface area contributed by atoms with Crippen LogP contribution < -0.4 is 0 Å². The zero-order valence-corrected chi connectivity index (χ0v) is 11.9. The molecule has 20 heavy (non-hydrogen) atoms. The molecule has 3 heteroatoms. The number of carbonyl (C=O) groups excluding carboxylic acids is 1. The van der Waals surface area contributed by atoms with Gasteiger partial charge in [-0.2, -0.15) is 0 Å². The number of amides is 1. The Hall–Kier alpha value is -1.64. The van der Waals surface area contributed by atoms with Gasteiger partial charge in [-0.15, -0.1) is 6.58 Å². The zero-order chi connectivity index (χ0) is 14.4. The van der Waals surface area contributed by atoms with E-state index in [0.717, 1.165) is 44.3 Å². The van der Waals surface area contributed by atoms with Gasteiger partial charge in [0.05, 0.1) is 0 Å². The number of halogens is 1. The third-order valence-electron chi connectivity index (χ3n) is 3.93. The van der Waals surface area contributed by atoms with E-state index in [1.165, 1.54) is 12.1 Å². The second kappa shape index (κ2) is 7.22. The molecule has 1 atom stereocenters. The molecule has 1 fully saturated rings. The van der Waals surface area contributed by atoms with Gasteiger partial charge in [-0.1, -0.05) is 24.6 Å². The van der Waals surface area contributed by atoms with E-state index in [-0.39, 0.29) is 11.7 Å². The molecule has 2 nitrogen and oxygen atoms in total. The van der Waals surface area contributed by atoms with Crippen molar-refractivity contribution < 1.29 is 9.18 Å². The molecule has 1 heterocycles. The smallest absolute Gasteiger partial charge is 0.222 e. The molecular weight excluding hydrogens is 253 g/mol. The average molecular weight is 275 g/mol. The molecule has 1 aromatic carbocycles. The number of carbonyl (C=O) groups is 1. The first-order valence-electron chi connectivity index (χ1n) is 7.35. The van der Waals surface area contributed by atoms with Crippen LogP contribution in [0.15, 0.2) is 36.9 Å². The van der Waals surface area contributed by atoms with E-state index in [0.29, 0.717) is 12.3 Å². The van der Waals surface area contributed by atoms with E-state index in [1.54, 1.807) is 6.08 Å². The molecule has 0 radical (unpaired) electrons. The molecule has 1 saturated heterocycles. The summed E-state index contributed by atoms with van der Waals surface area (Å²) in [5.74, 6) is 0.325. The van der Waals surface area contributed by atoms with Crippen molar-refractivity contribution in [2.24, 2.45) is 0 Å². The lowest BCUT2D eigenvalue weighted by atomic mass is 9.94. The predicted octanol–water partition coefficient (Wildman–Crippen LogP) is 3.89. The topological polar surface area (TPSA) is 20.3 Å². The molecular formula is C17H22FNO. The minimum atomic E-state index is -0.207. The summed E-state index contributed by atoms with van der Waals surface area (Å²) in [5.41, 5.74) is 1.13. The Morgan fingerprint density at radius 2 is 2.10 bits per heavy atom. The fourth-order valence-electron chi connectivity index (χ4n) is 2.76. The normalized spacial score (nSPS) is 19.4. The van der Waals surface area contributed by atoms with Gasteiger partial charge in [0, 0.05) is 25.4 Å².